The van der Waals surface area contributed by atoms with Crippen LogP contribution in [-0.2, 0) is 14.6 Å². The van der Waals surface area contributed by atoms with Gasteiger partial charge >= 0.3 is 5.76 Å². The third-order valence-corrected chi connectivity index (χ3v) is 4.25. The lowest BCUT2D eigenvalue weighted by Crippen LogP contribution is -2.13. The normalized spacial score (nSPS) is 11.6. The van der Waals surface area contributed by atoms with Gasteiger partial charge in [-0.05, 0) is 30.5 Å². The smallest absolute Gasteiger partial charge is 0.326 e. The van der Waals surface area contributed by atoms with Gasteiger partial charge in [0.15, 0.2) is 0 Å². The maximum Gasteiger partial charge on any atom is 0.341 e. The van der Waals surface area contributed by atoms with Gasteiger partial charge in [-0.1, -0.05) is 0 Å². The molecule has 0 saturated heterocycles. The number of benzene rings is 1. The largest absolute Gasteiger partial charge is 0.341 e. The van der Waals surface area contributed by atoms with Gasteiger partial charge in [-0.25, -0.2) is 8.42 Å². The van der Waals surface area contributed by atoms with Crippen LogP contribution in [0.5, 0.6) is 0 Å². The monoisotopic (exact) mass is 309 g/mol. The molecular weight excluding hydrogens is 296 g/mol. The summed E-state index contributed by atoms with van der Waals surface area (Å²) in [5, 5.41) is 2.55. The lowest BCUT2D eigenvalue weighted by Gasteiger charge is -2.06. The van der Waals surface area contributed by atoms with Gasteiger partial charge in [0.25, 0.3) is 0 Å². The molecule has 0 spiro atoms. The zero-order valence-corrected chi connectivity index (χ0v) is 11.7. The van der Waals surface area contributed by atoms with E-state index in [1.54, 1.807) is 0 Å². The first-order valence-corrected chi connectivity index (χ1v) is 8.23. The number of nitrogens with one attached hydrogen (secondary N) is 1. The Hall–Kier alpha value is -1.15. The van der Waals surface area contributed by atoms with Crippen molar-refractivity contribution in [3.05, 3.63) is 24.3 Å². The summed E-state index contributed by atoms with van der Waals surface area (Å²) in [4.78, 5) is 10.9. The highest BCUT2D eigenvalue weighted by Crippen LogP contribution is 2.20. The Morgan fingerprint density at radius 3 is 2.37 bits per heavy atom. The van der Waals surface area contributed by atoms with Gasteiger partial charge < -0.3 is 5.32 Å². The average Bonchev–Trinajstić information content (AvgIpc) is 2.36. The van der Waals surface area contributed by atoms with E-state index in [4.69, 9.17) is 0 Å². The molecule has 0 aromatic heterocycles. The molecule has 106 valence electrons. The van der Waals surface area contributed by atoms with E-state index in [0.29, 0.717) is 17.9 Å². The molecule has 1 aromatic carbocycles. The zero-order chi connectivity index (χ0) is 14.5. The number of anilines is 1. The van der Waals surface area contributed by atoms with E-state index < -0.39 is 20.5 Å². The summed E-state index contributed by atoms with van der Waals surface area (Å²) in [6.07, 6.45) is 2.20. The van der Waals surface area contributed by atoms with Gasteiger partial charge in [-0.15, -0.1) is 0 Å². The van der Waals surface area contributed by atoms with Crippen LogP contribution in [0, 0.1) is 0 Å². The Labute approximate surface area is 114 Å². The highest BCUT2D eigenvalue weighted by atomic mass is 32.2. The zero-order valence-electron chi connectivity index (χ0n) is 10.1. The minimum absolute atomic E-state index is 0.209. The lowest BCUT2D eigenvalue weighted by molar-refractivity contribution is -0.115. The predicted molar refractivity (Wildman–Crippen MR) is 71.3 cm³/mol. The number of hydrogen-bond donors (Lipinski definition) is 1. The summed E-state index contributed by atoms with van der Waals surface area (Å²) in [7, 11) is -4.59. The molecule has 1 amide bonds. The summed E-state index contributed by atoms with van der Waals surface area (Å²) < 4.78 is 46.9. The number of amides is 1. The minimum atomic E-state index is -4.59. The predicted octanol–water partition coefficient (Wildman–Crippen LogP) is 2.37. The summed E-state index contributed by atoms with van der Waals surface area (Å²) in [6, 6.07) is 4.66. The molecule has 0 saturated carbocycles. The summed E-state index contributed by atoms with van der Waals surface area (Å²) in [6.45, 7) is 0. The molecule has 0 aliphatic rings. The van der Waals surface area contributed by atoms with Gasteiger partial charge in [0, 0.05) is 17.9 Å². The van der Waals surface area contributed by atoms with Gasteiger partial charge in [-0.3, -0.25) is 4.79 Å². The van der Waals surface area contributed by atoms with E-state index in [1.807, 2.05) is 6.26 Å². The van der Waals surface area contributed by atoms with Crippen molar-refractivity contribution < 1.29 is 22.0 Å². The molecule has 0 fully saturated rings. The van der Waals surface area contributed by atoms with E-state index >= 15 is 0 Å². The number of halogens is 2. The standard InChI is InChI=1S/C11H13F2NO3S2/c1-18-7-6-10(15)14-8-2-4-9(5-3-8)19(16,17)11(12)13/h2-5,11H,6-7H2,1H3,(H,14,15). The molecule has 8 heteroatoms. The second-order valence-corrected chi connectivity index (χ2v) is 6.52. The molecule has 0 bridgehead atoms. The Morgan fingerprint density at radius 2 is 1.89 bits per heavy atom. The summed E-state index contributed by atoms with van der Waals surface area (Å²) >= 11 is 1.53. The van der Waals surface area contributed by atoms with Crippen molar-refractivity contribution in [2.75, 3.05) is 17.3 Å². The first kappa shape index (κ1) is 15.9. The summed E-state index contributed by atoms with van der Waals surface area (Å²) in [5.74, 6) is -2.99. The van der Waals surface area contributed by atoms with E-state index in [0.717, 1.165) is 12.1 Å². The van der Waals surface area contributed by atoms with Crippen LogP contribution in [0.1, 0.15) is 6.42 Å². The fourth-order valence-corrected chi connectivity index (χ4v) is 2.36. The highest BCUT2D eigenvalue weighted by Gasteiger charge is 2.26. The summed E-state index contributed by atoms with van der Waals surface area (Å²) in [5.41, 5.74) is 0.374. The minimum Gasteiger partial charge on any atom is -0.326 e. The Morgan fingerprint density at radius 1 is 1.32 bits per heavy atom. The van der Waals surface area contributed by atoms with Gasteiger partial charge in [0.05, 0.1) is 4.90 Å². The quantitative estimate of drug-likeness (QED) is 0.876. The Kier molecular flexibility index (Phi) is 5.74. The van der Waals surface area contributed by atoms with Crippen molar-refractivity contribution in [3.8, 4) is 0 Å². The van der Waals surface area contributed by atoms with Crippen LogP contribution in [0.3, 0.4) is 0 Å². The van der Waals surface area contributed by atoms with Crippen LogP contribution in [0.25, 0.3) is 0 Å². The molecule has 19 heavy (non-hydrogen) atoms. The molecule has 0 aliphatic carbocycles. The maximum atomic E-state index is 12.3. The SMILES string of the molecule is CSCCC(=O)Nc1ccc(S(=O)(=O)C(F)F)cc1. The van der Waals surface area contributed by atoms with Crippen LogP contribution in [0.4, 0.5) is 14.5 Å². The van der Waals surface area contributed by atoms with Crippen LogP contribution in [0.15, 0.2) is 29.2 Å². The number of sulfone groups is 1. The molecule has 0 atom stereocenters. The molecule has 0 heterocycles. The maximum absolute atomic E-state index is 12.3. The van der Waals surface area contributed by atoms with Gasteiger partial charge in [0.2, 0.25) is 15.7 Å². The highest BCUT2D eigenvalue weighted by molar-refractivity contribution is 7.98. The van der Waals surface area contributed by atoms with E-state index in [-0.39, 0.29) is 5.91 Å². The molecule has 1 aromatic rings. The van der Waals surface area contributed by atoms with E-state index in [2.05, 4.69) is 5.32 Å². The first-order chi connectivity index (χ1) is 8.87. The first-order valence-electron chi connectivity index (χ1n) is 5.29. The lowest BCUT2D eigenvalue weighted by atomic mass is 10.3. The second-order valence-electron chi connectivity index (χ2n) is 3.62. The fourth-order valence-electron chi connectivity index (χ4n) is 1.25. The topological polar surface area (TPSA) is 63.2 Å². The van der Waals surface area contributed by atoms with Crippen molar-refractivity contribution in [2.45, 2.75) is 17.1 Å². The molecular formula is C11H13F2NO3S2. The molecule has 1 N–H and O–H groups in total. The van der Waals surface area contributed by atoms with Gasteiger partial charge in [0.1, 0.15) is 0 Å². The third-order valence-electron chi connectivity index (χ3n) is 2.23. The van der Waals surface area contributed by atoms with Crippen molar-refractivity contribution in [1.82, 2.24) is 0 Å². The van der Waals surface area contributed by atoms with E-state index in [9.17, 15) is 22.0 Å². The Balaban J connectivity index is 2.75. The molecule has 0 aliphatic heterocycles. The van der Waals surface area contributed by atoms with Crippen molar-refractivity contribution >= 4 is 33.2 Å². The number of thioether (sulfide) groups is 1. The average molecular weight is 309 g/mol. The number of hydrogen-bond acceptors (Lipinski definition) is 4. The van der Waals surface area contributed by atoms with Crippen molar-refractivity contribution in [2.24, 2.45) is 0 Å². The third kappa shape index (κ3) is 4.46. The van der Waals surface area contributed by atoms with Crippen LogP contribution in [-0.4, -0.2) is 32.1 Å². The van der Waals surface area contributed by atoms with Crippen molar-refractivity contribution in [3.63, 3.8) is 0 Å². The Bertz CT molecular complexity index is 529. The fraction of sp³-hybridized carbons (Fsp3) is 0.364. The number of carbonyl (C=O) groups is 1. The number of rotatable bonds is 6. The number of alkyl halides is 2. The van der Waals surface area contributed by atoms with Gasteiger partial charge in [-0.2, -0.15) is 20.5 Å². The van der Waals surface area contributed by atoms with Crippen molar-refractivity contribution in [1.29, 1.82) is 0 Å². The molecule has 0 radical (unpaired) electrons. The molecule has 4 nitrogen and oxygen atoms in total. The van der Waals surface area contributed by atoms with E-state index in [1.165, 1.54) is 23.9 Å². The molecule has 0 unspecified atom stereocenters. The van der Waals surface area contributed by atoms with Crippen LogP contribution >= 0.6 is 11.8 Å². The number of carbonyl (C=O) groups excluding carboxylic acids is 1. The van der Waals surface area contributed by atoms with Crippen LogP contribution < -0.4 is 5.32 Å². The van der Waals surface area contributed by atoms with Crippen LogP contribution in [0.2, 0.25) is 0 Å². The second kappa shape index (κ2) is 6.85. The molecule has 1 rings (SSSR count).